The Bertz CT molecular complexity index is 407. The molecule has 2 nitrogen and oxygen atoms in total. The van der Waals surface area contributed by atoms with Crippen LogP contribution in [0.25, 0.3) is 5.76 Å². The average Bonchev–Trinajstić information content (AvgIpc) is 2.19. The number of nitriles is 1. The van der Waals surface area contributed by atoms with Crippen molar-refractivity contribution in [3.8, 4) is 6.07 Å². The van der Waals surface area contributed by atoms with E-state index in [9.17, 15) is 0 Å². The molecule has 1 aromatic carbocycles. The second-order valence-corrected chi connectivity index (χ2v) is 3.23. The Balaban J connectivity index is 3.26. The largest absolute Gasteiger partial charge is 0.495 e. The van der Waals surface area contributed by atoms with E-state index >= 15 is 0 Å². The number of nitrogens with zero attached hydrogens (tertiary/aromatic N) is 1. The van der Waals surface area contributed by atoms with Crippen LogP contribution in [0.2, 0.25) is 10.0 Å². The highest BCUT2D eigenvalue weighted by Crippen LogP contribution is 2.30. The summed E-state index contributed by atoms with van der Waals surface area (Å²) in [4.78, 5) is 0. The third-order valence-electron chi connectivity index (χ3n) is 1.63. The zero-order chi connectivity index (χ0) is 10.6. The van der Waals surface area contributed by atoms with E-state index < -0.39 is 0 Å². The average molecular weight is 228 g/mol. The van der Waals surface area contributed by atoms with Crippen LogP contribution in [0.5, 0.6) is 0 Å². The third kappa shape index (κ3) is 2.20. The molecule has 0 saturated heterocycles. The van der Waals surface area contributed by atoms with Gasteiger partial charge >= 0.3 is 0 Å². The second kappa shape index (κ2) is 4.90. The first-order chi connectivity index (χ1) is 6.70. The van der Waals surface area contributed by atoms with E-state index in [1.807, 2.05) is 6.07 Å². The zero-order valence-electron chi connectivity index (χ0n) is 7.42. The summed E-state index contributed by atoms with van der Waals surface area (Å²) in [7, 11) is 1.47. The molecule has 0 amide bonds. The molecule has 0 unspecified atom stereocenters. The van der Waals surface area contributed by atoms with Crippen LogP contribution in [-0.4, -0.2) is 7.11 Å². The summed E-state index contributed by atoms with van der Waals surface area (Å²) >= 11 is 11.8. The number of rotatable bonds is 2. The molecule has 0 aliphatic carbocycles. The van der Waals surface area contributed by atoms with Crippen molar-refractivity contribution in [2.45, 2.75) is 0 Å². The van der Waals surface area contributed by atoms with Crippen LogP contribution >= 0.6 is 23.2 Å². The fraction of sp³-hybridized carbons (Fsp3) is 0.100. The highest BCUT2D eigenvalue weighted by Gasteiger charge is 2.08. The molecule has 0 fully saturated rings. The zero-order valence-corrected chi connectivity index (χ0v) is 8.93. The van der Waals surface area contributed by atoms with Crippen LogP contribution in [0.1, 0.15) is 5.56 Å². The minimum absolute atomic E-state index is 0.387. The Hall–Kier alpha value is -1.17. The maximum atomic E-state index is 8.51. The van der Waals surface area contributed by atoms with Gasteiger partial charge in [0.25, 0.3) is 0 Å². The van der Waals surface area contributed by atoms with Crippen LogP contribution in [0.3, 0.4) is 0 Å². The number of halogens is 2. The van der Waals surface area contributed by atoms with Crippen molar-refractivity contribution in [2.24, 2.45) is 0 Å². The lowest BCUT2D eigenvalue weighted by Crippen LogP contribution is -1.88. The summed E-state index contributed by atoms with van der Waals surface area (Å²) in [6, 6.07) is 7.03. The SMILES string of the molecule is COC(=CC#N)c1cccc(Cl)c1Cl. The lowest BCUT2D eigenvalue weighted by molar-refractivity contribution is 0.370. The van der Waals surface area contributed by atoms with Gasteiger partial charge in [-0.15, -0.1) is 0 Å². The molecule has 0 heterocycles. The molecule has 1 aromatic rings. The molecule has 0 aromatic heterocycles. The molecule has 72 valence electrons. The fourth-order valence-electron chi connectivity index (χ4n) is 0.999. The Kier molecular flexibility index (Phi) is 3.82. The summed E-state index contributed by atoms with van der Waals surface area (Å²) in [5.74, 6) is 0.403. The van der Waals surface area contributed by atoms with Gasteiger partial charge in [-0.05, 0) is 12.1 Å². The van der Waals surface area contributed by atoms with Gasteiger partial charge in [0.05, 0.1) is 29.3 Å². The number of methoxy groups -OCH3 is 1. The molecule has 0 N–H and O–H groups in total. The molecule has 0 bridgehead atoms. The van der Waals surface area contributed by atoms with Crippen LogP contribution in [-0.2, 0) is 4.74 Å². The smallest absolute Gasteiger partial charge is 0.138 e. The van der Waals surface area contributed by atoms with Crippen molar-refractivity contribution in [1.82, 2.24) is 0 Å². The first-order valence-corrected chi connectivity index (χ1v) is 4.54. The molecule has 1 rings (SSSR count). The second-order valence-electron chi connectivity index (χ2n) is 2.44. The fourth-order valence-corrected chi connectivity index (χ4v) is 1.39. The minimum Gasteiger partial charge on any atom is -0.495 e. The molecule has 0 saturated carbocycles. The van der Waals surface area contributed by atoms with E-state index in [2.05, 4.69) is 0 Å². The maximum Gasteiger partial charge on any atom is 0.138 e. The van der Waals surface area contributed by atoms with Gasteiger partial charge in [-0.1, -0.05) is 29.3 Å². The van der Waals surface area contributed by atoms with Gasteiger partial charge in [-0.3, -0.25) is 0 Å². The van der Waals surface area contributed by atoms with Gasteiger partial charge < -0.3 is 4.74 Å². The van der Waals surface area contributed by atoms with E-state index in [1.54, 1.807) is 18.2 Å². The monoisotopic (exact) mass is 227 g/mol. The highest BCUT2D eigenvalue weighted by molar-refractivity contribution is 6.43. The van der Waals surface area contributed by atoms with E-state index in [1.165, 1.54) is 13.2 Å². The molecule has 4 heteroatoms. The minimum atomic E-state index is 0.387. The summed E-state index contributed by atoms with van der Waals surface area (Å²) in [5, 5.41) is 9.33. The van der Waals surface area contributed by atoms with Gasteiger partial charge in [-0.2, -0.15) is 5.26 Å². The summed E-state index contributed by atoms with van der Waals surface area (Å²) in [6.45, 7) is 0. The molecule has 0 spiro atoms. The lowest BCUT2D eigenvalue weighted by atomic mass is 10.2. The molecule has 0 atom stereocenters. The number of hydrogen-bond donors (Lipinski definition) is 0. The topological polar surface area (TPSA) is 33.0 Å². The van der Waals surface area contributed by atoms with Crippen LogP contribution < -0.4 is 0 Å². The first-order valence-electron chi connectivity index (χ1n) is 3.79. The first kappa shape index (κ1) is 10.9. The summed E-state index contributed by atoms with van der Waals surface area (Å²) in [5.41, 5.74) is 0.614. The quantitative estimate of drug-likeness (QED) is 0.573. The van der Waals surface area contributed by atoms with Crippen molar-refractivity contribution >= 4 is 29.0 Å². The number of ether oxygens (including phenoxy) is 1. The predicted molar refractivity (Wildman–Crippen MR) is 57.1 cm³/mol. The van der Waals surface area contributed by atoms with Crippen LogP contribution in [0.15, 0.2) is 24.3 Å². The summed E-state index contributed by atoms with van der Waals surface area (Å²) < 4.78 is 5.01. The molecule has 14 heavy (non-hydrogen) atoms. The van der Waals surface area contributed by atoms with Crippen molar-refractivity contribution in [3.63, 3.8) is 0 Å². The maximum absolute atomic E-state index is 8.51. The highest BCUT2D eigenvalue weighted by atomic mass is 35.5. The molecule has 0 radical (unpaired) electrons. The van der Waals surface area contributed by atoms with Crippen LogP contribution in [0, 0.1) is 11.3 Å². The van der Waals surface area contributed by atoms with Crippen molar-refractivity contribution in [3.05, 3.63) is 39.9 Å². The normalized spacial score (nSPS) is 10.9. The van der Waals surface area contributed by atoms with Crippen LogP contribution in [0.4, 0.5) is 0 Å². The number of hydrogen-bond acceptors (Lipinski definition) is 2. The Morgan fingerprint density at radius 1 is 1.50 bits per heavy atom. The van der Waals surface area contributed by atoms with Crippen molar-refractivity contribution in [2.75, 3.05) is 7.11 Å². The number of benzene rings is 1. The molecular weight excluding hydrogens is 221 g/mol. The van der Waals surface area contributed by atoms with Crippen molar-refractivity contribution < 1.29 is 4.74 Å². The Morgan fingerprint density at radius 3 is 2.79 bits per heavy atom. The molecule has 0 aliphatic heterocycles. The van der Waals surface area contributed by atoms with E-state index in [4.69, 9.17) is 33.2 Å². The third-order valence-corrected chi connectivity index (χ3v) is 2.45. The van der Waals surface area contributed by atoms with E-state index in [0.717, 1.165) is 0 Å². The summed E-state index contributed by atoms with van der Waals surface area (Å²) in [6.07, 6.45) is 1.28. The Morgan fingerprint density at radius 2 is 2.21 bits per heavy atom. The molecule has 0 aliphatic rings. The van der Waals surface area contributed by atoms with E-state index in [0.29, 0.717) is 21.4 Å². The van der Waals surface area contributed by atoms with Gasteiger partial charge in [0.15, 0.2) is 0 Å². The van der Waals surface area contributed by atoms with E-state index in [-0.39, 0.29) is 0 Å². The van der Waals surface area contributed by atoms with Gasteiger partial charge in [0.2, 0.25) is 0 Å². The number of allylic oxidation sites excluding steroid dienone is 1. The molecular formula is C10H7Cl2NO. The van der Waals surface area contributed by atoms with Gasteiger partial charge in [0, 0.05) is 5.56 Å². The lowest BCUT2D eigenvalue weighted by Gasteiger charge is -2.07. The van der Waals surface area contributed by atoms with Gasteiger partial charge in [0.1, 0.15) is 5.76 Å². The Labute approximate surface area is 92.3 Å². The standard InChI is InChI=1S/C10H7Cl2NO/c1-14-9(5-6-13)7-3-2-4-8(11)10(7)12/h2-5H,1H3. The predicted octanol–water partition coefficient (Wildman–Crippen LogP) is 3.50. The van der Waals surface area contributed by atoms with Crippen molar-refractivity contribution in [1.29, 1.82) is 5.26 Å². The van der Waals surface area contributed by atoms with Gasteiger partial charge in [-0.25, -0.2) is 0 Å².